The fourth-order valence-electron chi connectivity index (χ4n) is 9.24. The van der Waals surface area contributed by atoms with Crippen molar-refractivity contribution in [2.24, 2.45) is 11.8 Å². The zero-order valence-corrected chi connectivity index (χ0v) is 42.6. The van der Waals surface area contributed by atoms with Crippen molar-refractivity contribution in [1.29, 1.82) is 0 Å². The van der Waals surface area contributed by atoms with Crippen molar-refractivity contribution in [3.8, 4) is 0 Å². The first-order valence-electron chi connectivity index (χ1n) is 25.4. The van der Waals surface area contributed by atoms with Gasteiger partial charge < -0.3 is 56.6 Å². The van der Waals surface area contributed by atoms with Crippen LogP contribution in [0.2, 0.25) is 0 Å². The summed E-state index contributed by atoms with van der Waals surface area (Å²) >= 11 is 0. The number of hydrogen-bond donors (Lipinski definition) is 11. The molecule has 3 atom stereocenters. The molecule has 2 fully saturated rings. The van der Waals surface area contributed by atoms with Crippen LogP contribution in [0.5, 0.6) is 0 Å². The standard InChI is InChI=1S/C49H69N11O17/c61-39(27-56-15-17-57(28-40(62)63)19-21-59(30-42(66)67)22-20-58(18-16-56)29-41(64)65)51-25-31-8-12-34(13-9-31)43(68)52-37(24-32-10-11-33-5-1-2-6-35(33)23-32)44(69)50-14-4-3-7-36(45(70)71)53-47(74)54-38(46(72)73)26-60-48(75)55-49(76)77-60/h1-2,5-6,10-11,23,31,34,36-38H,3-4,7-9,12-22,24-30H2,(H,50,69)(H,51,61)(H,52,68)(H,62,63)(H,64,65)(H,66,67)(H,70,71)(H,72,73)(H2,53,54,74)(H,55,75,76)/t31?,34?,36-,37-,38-/m0/s1. The van der Waals surface area contributed by atoms with Gasteiger partial charge in [0.15, 0.2) is 0 Å². The maximum Gasteiger partial charge on any atom is 0.440 e. The molecule has 1 saturated carbocycles. The minimum absolute atomic E-state index is 0.0349. The zero-order valence-electron chi connectivity index (χ0n) is 42.6. The second-order valence-electron chi connectivity index (χ2n) is 19.3. The van der Waals surface area contributed by atoms with Crippen molar-refractivity contribution in [3.63, 3.8) is 0 Å². The number of H-pyrrole nitrogens is 1. The topological polar surface area (TPSA) is 396 Å². The lowest BCUT2D eigenvalue weighted by molar-refractivity contribution is -0.140. The number of urea groups is 1. The summed E-state index contributed by atoms with van der Waals surface area (Å²) in [6.45, 7) is 0.863. The number of nitrogens with one attached hydrogen (secondary N) is 6. The molecule has 1 aliphatic carbocycles. The van der Waals surface area contributed by atoms with E-state index in [-0.39, 0.29) is 115 Å². The SMILES string of the molecule is O=C(O)CN1CCN(CC(=O)O)CCN(CC(=O)NCC2CCC(C(=O)N[C@@H](Cc3ccc4ccccc4c3)C(=O)NCCCC[C@H](NC(=O)N[C@@H](Cn3oc(=O)[nH]c3=O)C(=O)O)C(=O)O)CC2)CCN(CC(=O)O)CC1. The lowest BCUT2D eigenvalue weighted by Crippen LogP contribution is -2.52. The summed E-state index contributed by atoms with van der Waals surface area (Å²) < 4.78 is 4.93. The summed E-state index contributed by atoms with van der Waals surface area (Å²) in [7, 11) is 0. The molecule has 0 spiro atoms. The number of aliphatic carboxylic acids is 5. The second kappa shape index (κ2) is 30.2. The first-order valence-corrected chi connectivity index (χ1v) is 25.4. The smallest absolute Gasteiger partial charge is 0.440 e. The predicted molar refractivity (Wildman–Crippen MR) is 272 cm³/mol. The fraction of sp³-hybridized carbons (Fsp3) is 0.571. The molecule has 5 rings (SSSR count). The highest BCUT2D eigenvalue weighted by molar-refractivity contribution is 5.89. The van der Waals surface area contributed by atoms with E-state index in [0.29, 0.717) is 50.1 Å². The van der Waals surface area contributed by atoms with E-state index in [2.05, 4.69) is 25.8 Å². The molecule has 28 nitrogen and oxygen atoms in total. The average molecular weight is 1080 g/mol. The van der Waals surface area contributed by atoms with Crippen LogP contribution in [0.15, 0.2) is 56.6 Å². The summed E-state index contributed by atoms with van der Waals surface area (Å²) in [6, 6.07) is 8.01. The summed E-state index contributed by atoms with van der Waals surface area (Å²) in [4.78, 5) is 144. The Morgan fingerprint density at radius 1 is 0.610 bits per heavy atom. The van der Waals surface area contributed by atoms with Crippen LogP contribution >= 0.6 is 0 Å². The van der Waals surface area contributed by atoms with Crippen molar-refractivity contribution in [2.45, 2.75) is 76.0 Å². The summed E-state index contributed by atoms with van der Waals surface area (Å²) in [5, 5.41) is 62.7. The van der Waals surface area contributed by atoms with Gasteiger partial charge in [0, 0.05) is 77.8 Å². The number of fused-ring (bicyclic) bond motifs is 1. The molecule has 2 aliphatic rings. The zero-order chi connectivity index (χ0) is 56.0. The van der Waals surface area contributed by atoms with Gasteiger partial charge in [-0.2, -0.15) is 0 Å². The van der Waals surface area contributed by atoms with Crippen LogP contribution in [0.4, 0.5) is 4.79 Å². The molecule has 1 aromatic heterocycles. The summed E-state index contributed by atoms with van der Waals surface area (Å²) in [5.41, 5.74) is -0.262. The molecule has 2 heterocycles. The van der Waals surface area contributed by atoms with E-state index in [4.69, 9.17) is 0 Å². The largest absolute Gasteiger partial charge is 0.480 e. The van der Waals surface area contributed by atoms with E-state index in [1.54, 1.807) is 19.7 Å². The molecular formula is C49H69N11O17. The first kappa shape index (κ1) is 60.2. The van der Waals surface area contributed by atoms with E-state index in [1.165, 1.54) is 0 Å². The van der Waals surface area contributed by atoms with Gasteiger partial charge in [-0.15, -0.1) is 4.74 Å². The molecule has 0 bridgehead atoms. The average Bonchev–Trinajstić information content (AvgIpc) is 3.70. The maximum absolute atomic E-state index is 13.9. The maximum atomic E-state index is 13.9. The lowest BCUT2D eigenvalue weighted by atomic mass is 9.81. The molecule has 3 aromatic rings. The van der Waals surface area contributed by atoms with Crippen molar-refractivity contribution in [2.75, 3.05) is 91.6 Å². The van der Waals surface area contributed by atoms with Gasteiger partial charge in [0.2, 0.25) is 17.7 Å². The number of carboxylic acids is 5. The van der Waals surface area contributed by atoms with Gasteiger partial charge in [0.05, 0.1) is 32.7 Å². The normalized spacial score (nSPS) is 18.5. The Balaban J connectivity index is 1.11. The highest BCUT2D eigenvalue weighted by atomic mass is 16.5. The van der Waals surface area contributed by atoms with Gasteiger partial charge in [-0.3, -0.25) is 48.4 Å². The number of unbranched alkanes of at least 4 members (excludes halogenated alkanes) is 1. The number of benzene rings is 2. The van der Waals surface area contributed by atoms with Crippen molar-refractivity contribution < 1.29 is 73.2 Å². The minimum Gasteiger partial charge on any atom is -0.480 e. The van der Waals surface area contributed by atoms with Crippen molar-refractivity contribution in [1.82, 2.24) is 55.9 Å². The Kier molecular flexibility index (Phi) is 23.6. The van der Waals surface area contributed by atoms with E-state index < -0.39 is 83.8 Å². The Labute approximate surface area is 441 Å². The predicted octanol–water partition coefficient (Wildman–Crippen LogP) is -2.10. The van der Waals surface area contributed by atoms with Crippen molar-refractivity contribution in [3.05, 3.63) is 69.1 Å². The molecule has 77 heavy (non-hydrogen) atoms. The first-order chi connectivity index (χ1) is 36.7. The van der Waals surface area contributed by atoms with Crippen LogP contribution in [0.3, 0.4) is 0 Å². The Hall–Kier alpha value is -7.69. The van der Waals surface area contributed by atoms with Gasteiger partial charge >= 0.3 is 47.3 Å². The van der Waals surface area contributed by atoms with Crippen LogP contribution in [0, 0.1) is 11.8 Å². The van der Waals surface area contributed by atoms with Crippen LogP contribution < -0.4 is 38.0 Å². The molecule has 422 valence electrons. The third kappa shape index (κ3) is 21.1. The van der Waals surface area contributed by atoms with Gasteiger partial charge in [0.25, 0.3) is 0 Å². The molecule has 1 aliphatic heterocycles. The Morgan fingerprint density at radius 3 is 1.66 bits per heavy atom. The molecule has 1 saturated heterocycles. The highest BCUT2D eigenvalue weighted by Crippen LogP contribution is 2.29. The third-order valence-corrected chi connectivity index (χ3v) is 13.5. The van der Waals surface area contributed by atoms with E-state index in [0.717, 1.165) is 16.3 Å². The lowest BCUT2D eigenvalue weighted by Gasteiger charge is -2.33. The van der Waals surface area contributed by atoms with Crippen LogP contribution in [0.25, 0.3) is 10.8 Å². The summed E-state index contributed by atoms with van der Waals surface area (Å²) in [6.07, 6.45) is 2.69. The number of carbonyl (C=O) groups is 9. The van der Waals surface area contributed by atoms with E-state index >= 15 is 0 Å². The van der Waals surface area contributed by atoms with Crippen LogP contribution in [-0.2, 0) is 51.3 Å². The molecule has 28 heteroatoms. The number of hydrogen-bond acceptors (Lipinski definition) is 16. The number of carboxylic acid groups (broad SMARTS) is 5. The molecular weight excluding hydrogens is 1010 g/mol. The molecule has 2 aromatic carbocycles. The monoisotopic (exact) mass is 1080 g/mol. The number of nitrogens with zero attached hydrogens (tertiary/aromatic N) is 5. The van der Waals surface area contributed by atoms with Gasteiger partial charge in [-0.1, -0.05) is 42.5 Å². The minimum atomic E-state index is -1.77. The molecule has 5 amide bonds. The second-order valence-corrected chi connectivity index (χ2v) is 19.3. The Bertz CT molecular complexity index is 2620. The number of amides is 5. The van der Waals surface area contributed by atoms with Crippen LogP contribution in [0.1, 0.15) is 50.5 Å². The number of rotatable bonds is 26. The number of carbonyl (C=O) groups excluding carboxylic acids is 4. The van der Waals surface area contributed by atoms with Crippen LogP contribution in [-0.4, -0.2) is 218 Å². The van der Waals surface area contributed by atoms with Gasteiger partial charge in [0.1, 0.15) is 18.1 Å². The number of aromatic nitrogens is 2. The molecule has 0 radical (unpaired) electrons. The van der Waals surface area contributed by atoms with Crippen molar-refractivity contribution >= 4 is 64.4 Å². The van der Waals surface area contributed by atoms with Gasteiger partial charge in [-0.25, -0.2) is 29.0 Å². The van der Waals surface area contributed by atoms with Gasteiger partial charge in [-0.05, 0) is 67.2 Å². The van der Waals surface area contributed by atoms with E-state index in [9.17, 15) is 78.3 Å². The Morgan fingerprint density at radius 2 is 1.14 bits per heavy atom. The summed E-state index contributed by atoms with van der Waals surface area (Å²) in [5.74, 6) is -8.77. The fourth-order valence-corrected chi connectivity index (χ4v) is 9.24. The third-order valence-electron chi connectivity index (χ3n) is 13.5. The highest BCUT2D eigenvalue weighted by Gasteiger charge is 2.31. The van der Waals surface area contributed by atoms with E-state index in [1.807, 2.05) is 52.7 Å². The number of aromatic amines is 1. The molecule has 0 unspecified atom stereocenters. The quantitative estimate of drug-likeness (QED) is 0.0384. The molecule has 11 N–H and O–H groups in total.